The van der Waals surface area contributed by atoms with Crippen molar-refractivity contribution in [1.29, 1.82) is 0 Å². The van der Waals surface area contributed by atoms with Gasteiger partial charge in [0.25, 0.3) is 0 Å². The highest BCUT2D eigenvalue weighted by Gasteiger charge is 2.20. The Kier molecular flexibility index (Phi) is 3.85. The molecule has 0 aliphatic heterocycles. The van der Waals surface area contributed by atoms with Crippen LogP contribution in [-0.2, 0) is 0 Å². The van der Waals surface area contributed by atoms with E-state index in [4.69, 9.17) is 0 Å². The van der Waals surface area contributed by atoms with Crippen molar-refractivity contribution in [2.24, 2.45) is 0 Å². The van der Waals surface area contributed by atoms with Crippen LogP contribution >= 0.6 is 15.9 Å². The van der Waals surface area contributed by atoms with Crippen LogP contribution in [-0.4, -0.2) is 13.1 Å². The standard InChI is InChI=1S/C13H17BrFN/c1-16(11-5-3-2-4-6-11)13-8-7-10(14)9-12(13)15/h7-9,11H,2-6H2,1H3. The van der Waals surface area contributed by atoms with Gasteiger partial charge in [0.15, 0.2) is 0 Å². The summed E-state index contributed by atoms with van der Waals surface area (Å²) in [5.74, 6) is -0.137. The lowest BCUT2D eigenvalue weighted by Gasteiger charge is -2.33. The van der Waals surface area contributed by atoms with Gasteiger partial charge in [-0.2, -0.15) is 0 Å². The van der Waals surface area contributed by atoms with Gasteiger partial charge in [-0.15, -0.1) is 0 Å². The summed E-state index contributed by atoms with van der Waals surface area (Å²) in [7, 11) is 2.00. The Balaban J connectivity index is 2.15. The van der Waals surface area contributed by atoms with Crippen molar-refractivity contribution in [3.8, 4) is 0 Å². The molecule has 0 heterocycles. The van der Waals surface area contributed by atoms with Gasteiger partial charge in [0.2, 0.25) is 0 Å². The van der Waals surface area contributed by atoms with Crippen LogP contribution in [0.1, 0.15) is 32.1 Å². The lowest BCUT2D eigenvalue weighted by Crippen LogP contribution is -2.33. The van der Waals surface area contributed by atoms with Crippen LogP contribution in [0.15, 0.2) is 22.7 Å². The first-order chi connectivity index (χ1) is 7.68. The Labute approximate surface area is 105 Å². The molecule has 0 bridgehead atoms. The Morgan fingerprint density at radius 2 is 1.94 bits per heavy atom. The van der Waals surface area contributed by atoms with Crippen LogP contribution in [0.3, 0.4) is 0 Å². The second-order valence-corrected chi connectivity index (χ2v) is 5.41. The molecule has 88 valence electrons. The van der Waals surface area contributed by atoms with Crippen molar-refractivity contribution >= 4 is 21.6 Å². The van der Waals surface area contributed by atoms with Crippen LogP contribution in [0.25, 0.3) is 0 Å². The van der Waals surface area contributed by atoms with Crippen molar-refractivity contribution in [2.75, 3.05) is 11.9 Å². The maximum atomic E-state index is 13.8. The lowest BCUT2D eigenvalue weighted by atomic mass is 9.94. The molecule has 1 aromatic rings. The van der Waals surface area contributed by atoms with E-state index in [9.17, 15) is 4.39 Å². The smallest absolute Gasteiger partial charge is 0.147 e. The highest BCUT2D eigenvalue weighted by molar-refractivity contribution is 9.10. The molecule has 3 heteroatoms. The van der Waals surface area contributed by atoms with E-state index in [1.807, 2.05) is 19.2 Å². The number of anilines is 1. The van der Waals surface area contributed by atoms with Gasteiger partial charge in [-0.05, 0) is 31.0 Å². The van der Waals surface area contributed by atoms with Gasteiger partial charge in [0.1, 0.15) is 5.82 Å². The summed E-state index contributed by atoms with van der Waals surface area (Å²) >= 11 is 3.28. The van der Waals surface area contributed by atoms with E-state index < -0.39 is 0 Å². The zero-order valence-electron chi connectivity index (χ0n) is 9.55. The van der Waals surface area contributed by atoms with Crippen LogP contribution < -0.4 is 4.90 Å². The molecule has 0 radical (unpaired) electrons. The third-order valence-corrected chi connectivity index (χ3v) is 3.91. The summed E-state index contributed by atoms with van der Waals surface area (Å²) in [6.45, 7) is 0. The minimum Gasteiger partial charge on any atom is -0.369 e. The minimum atomic E-state index is -0.137. The lowest BCUT2D eigenvalue weighted by molar-refractivity contribution is 0.424. The number of halogens is 2. The van der Waals surface area contributed by atoms with E-state index >= 15 is 0 Å². The van der Waals surface area contributed by atoms with Gasteiger partial charge >= 0.3 is 0 Å². The molecule has 0 amide bonds. The van der Waals surface area contributed by atoms with Gasteiger partial charge in [0, 0.05) is 17.6 Å². The number of hydrogen-bond acceptors (Lipinski definition) is 1. The SMILES string of the molecule is CN(c1ccc(Br)cc1F)C1CCCCC1. The first-order valence-corrected chi connectivity index (χ1v) is 6.65. The van der Waals surface area contributed by atoms with Gasteiger partial charge < -0.3 is 4.90 Å². The first kappa shape index (κ1) is 11.9. The maximum Gasteiger partial charge on any atom is 0.147 e. The van der Waals surface area contributed by atoms with Crippen molar-refractivity contribution in [3.63, 3.8) is 0 Å². The zero-order chi connectivity index (χ0) is 11.5. The van der Waals surface area contributed by atoms with Crippen molar-refractivity contribution < 1.29 is 4.39 Å². The van der Waals surface area contributed by atoms with E-state index in [2.05, 4.69) is 20.8 Å². The van der Waals surface area contributed by atoms with E-state index in [1.165, 1.54) is 38.2 Å². The molecule has 1 saturated carbocycles. The summed E-state index contributed by atoms with van der Waals surface area (Å²) in [4.78, 5) is 2.10. The third-order valence-electron chi connectivity index (χ3n) is 3.41. The van der Waals surface area contributed by atoms with Gasteiger partial charge in [-0.25, -0.2) is 4.39 Å². The molecule has 2 rings (SSSR count). The molecule has 0 N–H and O–H groups in total. The third kappa shape index (κ3) is 2.57. The van der Waals surface area contributed by atoms with Gasteiger partial charge in [-0.3, -0.25) is 0 Å². The molecular formula is C13H17BrFN. The van der Waals surface area contributed by atoms with Crippen LogP contribution in [0, 0.1) is 5.82 Å². The van der Waals surface area contributed by atoms with Crippen LogP contribution in [0.4, 0.5) is 10.1 Å². The fraction of sp³-hybridized carbons (Fsp3) is 0.538. The largest absolute Gasteiger partial charge is 0.369 e. The van der Waals surface area contributed by atoms with E-state index in [1.54, 1.807) is 0 Å². The summed E-state index contributed by atoms with van der Waals surface area (Å²) in [6, 6.07) is 5.80. The quantitative estimate of drug-likeness (QED) is 0.781. The van der Waals surface area contributed by atoms with Crippen LogP contribution in [0.2, 0.25) is 0 Å². The normalized spacial score (nSPS) is 17.4. The molecule has 0 spiro atoms. The molecule has 0 atom stereocenters. The Hall–Kier alpha value is -0.570. The highest BCUT2D eigenvalue weighted by atomic mass is 79.9. The van der Waals surface area contributed by atoms with Crippen molar-refractivity contribution in [3.05, 3.63) is 28.5 Å². The van der Waals surface area contributed by atoms with Crippen molar-refractivity contribution in [1.82, 2.24) is 0 Å². The first-order valence-electron chi connectivity index (χ1n) is 5.86. The Morgan fingerprint density at radius 1 is 1.25 bits per heavy atom. The topological polar surface area (TPSA) is 3.24 Å². The molecule has 1 aromatic carbocycles. The predicted octanol–water partition coefficient (Wildman–Crippen LogP) is 4.36. The van der Waals surface area contributed by atoms with Gasteiger partial charge in [0.05, 0.1) is 5.69 Å². The van der Waals surface area contributed by atoms with E-state index in [-0.39, 0.29) is 5.82 Å². The molecule has 0 aromatic heterocycles. The maximum absolute atomic E-state index is 13.8. The second kappa shape index (κ2) is 5.17. The Morgan fingerprint density at radius 3 is 2.56 bits per heavy atom. The molecule has 16 heavy (non-hydrogen) atoms. The van der Waals surface area contributed by atoms with Crippen molar-refractivity contribution in [2.45, 2.75) is 38.1 Å². The number of nitrogens with zero attached hydrogens (tertiary/aromatic N) is 1. The second-order valence-electron chi connectivity index (χ2n) is 4.50. The van der Waals surface area contributed by atoms with E-state index in [0.29, 0.717) is 6.04 Å². The zero-order valence-corrected chi connectivity index (χ0v) is 11.1. The number of rotatable bonds is 2. The summed E-state index contributed by atoms with van der Waals surface area (Å²) in [5, 5.41) is 0. The van der Waals surface area contributed by atoms with Gasteiger partial charge in [-0.1, -0.05) is 35.2 Å². The van der Waals surface area contributed by atoms with E-state index in [0.717, 1.165) is 10.2 Å². The molecule has 1 aliphatic rings. The average molecular weight is 286 g/mol. The predicted molar refractivity (Wildman–Crippen MR) is 69.4 cm³/mol. The fourth-order valence-electron chi connectivity index (χ4n) is 2.43. The summed E-state index contributed by atoms with van der Waals surface area (Å²) in [6.07, 6.45) is 6.24. The number of hydrogen-bond donors (Lipinski definition) is 0. The molecule has 1 fully saturated rings. The molecule has 0 unspecified atom stereocenters. The summed E-state index contributed by atoms with van der Waals surface area (Å²) in [5.41, 5.74) is 0.718. The molecular weight excluding hydrogens is 269 g/mol. The highest BCUT2D eigenvalue weighted by Crippen LogP contribution is 2.29. The number of benzene rings is 1. The fourth-order valence-corrected chi connectivity index (χ4v) is 2.77. The minimum absolute atomic E-state index is 0.137. The average Bonchev–Trinajstić information content (AvgIpc) is 2.29. The molecule has 1 nitrogen and oxygen atoms in total. The van der Waals surface area contributed by atoms with Crippen LogP contribution in [0.5, 0.6) is 0 Å². The molecule has 1 aliphatic carbocycles. The summed E-state index contributed by atoms with van der Waals surface area (Å²) < 4.78 is 14.6. The molecule has 0 saturated heterocycles. The monoisotopic (exact) mass is 285 g/mol. The Bertz CT molecular complexity index is 361.